The average molecular weight is 501 g/mol. The molecule has 0 unspecified atom stereocenters. The molecule has 0 spiro atoms. The van der Waals surface area contributed by atoms with Gasteiger partial charge in [-0.2, -0.15) is 0 Å². The Morgan fingerprint density at radius 3 is 2.30 bits per heavy atom. The number of hydrogen-bond acceptors (Lipinski definition) is 3. The van der Waals surface area contributed by atoms with Gasteiger partial charge in [0.15, 0.2) is 0 Å². The second-order valence-corrected chi connectivity index (χ2v) is 6.12. The Hall–Kier alpha value is -0.840. The molecule has 5 nitrogen and oxygen atoms in total. The summed E-state index contributed by atoms with van der Waals surface area (Å²) in [6.45, 7) is 3.73. The number of nitrogens with one attached hydrogen (secondary N) is 1. The van der Waals surface area contributed by atoms with Gasteiger partial charge in [-0.05, 0) is 75.9 Å². The summed E-state index contributed by atoms with van der Waals surface area (Å²) in [5.74, 6) is -0.824. The van der Waals surface area contributed by atoms with E-state index in [9.17, 15) is 9.59 Å². The van der Waals surface area contributed by atoms with E-state index < -0.39 is 11.9 Å². The lowest BCUT2D eigenvalue weighted by Gasteiger charge is -2.10. The lowest BCUT2D eigenvalue weighted by atomic mass is 10.2. The van der Waals surface area contributed by atoms with Crippen molar-refractivity contribution in [3.63, 3.8) is 0 Å². The molecule has 0 radical (unpaired) electrons. The molecule has 0 atom stereocenters. The van der Waals surface area contributed by atoms with Crippen molar-refractivity contribution in [3.8, 4) is 5.75 Å². The van der Waals surface area contributed by atoms with Gasteiger partial charge in [0.2, 0.25) is 5.91 Å². The molecule has 0 heterocycles. The van der Waals surface area contributed by atoms with Gasteiger partial charge in [0, 0.05) is 6.92 Å². The van der Waals surface area contributed by atoms with Gasteiger partial charge in [0.05, 0.1) is 13.7 Å². The van der Waals surface area contributed by atoms with Crippen molar-refractivity contribution >= 4 is 63.1 Å². The first-order valence-electron chi connectivity index (χ1n) is 5.69. The van der Waals surface area contributed by atoms with E-state index in [1.165, 1.54) is 13.0 Å². The third-order valence-electron chi connectivity index (χ3n) is 2.16. The van der Waals surface area contributed by atoms with E-state index in [2.05, 4.69) is 50.5 Å². The average Bonchev–Trinajstić information content (AvgIpc) is 2.32. The van der Waals surface area contributed by atoms with E-state index in [4.69, 9.17) is 9.84 Å². The highest BCUT2D eigenvalue weighted by atomic mass is 127. The number of rotatable bonds is 5. The number of halogens is 2. The van der Waals surface area contributed by atoms with E-state index in [1.807, 2.05) is 6.92 Å². The van der Waals surface area contributed by atoms with Gasteiger partial charge < -0.3 is 15.2 Å². The van der Waals surface area contributed by atoms with Crippen LogP contribution >= 0.6 is 45.2 Å². The molecule has 0 aromatic heterocycles. The van der Waals surface area contributed by atoms with Gasteiger partial charge in [0.25, 0.3) is 0 Å². The van der Waals surface area contributed by atoms with Gasteiger partial charge in [-0.25, -0.2) is 4.79 Å². The summed E-state index contributed by atoms with van der Waals surface area (Å²) in [4.78, 5) is 22.1. The summed E-state index contributed by atoms with van der Waals surface area (Å²) in [5, 5.41) is 11.3. The second kappa shape index (κ2) is 7.81. The largest absolute Gasteiger partial charge is 0.492 e. The molecule has 2 N–H and O–H groups in total. The molecule has 0 aliphatic rings. The topological polar surface area (TPSA) is 75.6 Å². The summed E-state index contributed by atoms with van der Waals surface area (Å²) in [5.41, 5.74) is 0.529. The maximum Gasteiger partial charge on any atom is 0.352 e. The van der Waals surface area contributed by atoms with Crippen LogP contribution in [0, 0.1) is 7.14 Å². The second-order valence-electron chi connectivity index (χ2n) is 3.79. The van der Waals surface area contributed by atoms with Crippen LogP contribution in [-0.2, 0) is 9.59 Å². The van der Waals surface area contributed by atoms with Crippen LogP contribution < -0.4 is 10.1 Å². The van der Waals surface area contributed by atoms with Crippen LogP contribution in [0.5, 0.6) is 5.75 Å². The Morgan fingerprint density at radius 1 is 1.35 bits per heavy atom. The number of ether oxygens (including phenoxy) is 1. The zero-order valence-corrected chi connectivity index (χ0v) is 15.2. The van der Waals surface area contributed by atoms with Crippen LogP contribution in [0.3, 0.4) is 0 Å². The molecule has 7 heteroatoms. The maximum absolute atomic E-state index is 11.1. The number of aliphatic carboxylic acids is 1. The molecule has 0 saturated carbocycles. The molecule has 0 aliphatic heterocycles. The van der Waals surface area contributed by atoms with Crippen molar-refractivity contribution in [3.05, 3.63) is 30.5 Å². The predicted molar refractivity (Wildman–Crippen MR) is 92.5 cm³/mol. The van der Waals surface area contributed by atoms with Crippen molar-refractivity contribution in [1.82, 2.24) is 5.32 Å². The molecule has 1 amide bonds. The van der Waals surface area contributed by atoms with Crippen LogP contribution in [0.1, 0.15) is 19.4 Å². The minimum atomic E-state index is -1.18. The Bertz CT molecular complexity index is 546. The fourth-order valence-electron chi connectivity index (χ4n) is 1.45. The van der Waals surface area contributed by atoms with Crippen molar-refractivity contribution in [2.24, 2.45) is 0 Å². The lowest BCUT2D eigenvalue weighted by molar-refractivity contribution is -0.134. The van der Waals surface area contributed by atoms with E-state index in [0.29, 0.717) is 12.2 Å². The SMILES string of the molecule is CCOc1c(I)cc(C=C(NC(C)=O)C(=O)O)cc1I. The highest BCUT2D eigenvalue weighted by Gasteiger charge is 2.12. The standard InChI is InChI=1S/C13H13I2NO4/c1-3-20-12-9(14)4-8(5-10(12)15)6-11(13(18)19)16-7(2)17/h4-6H,3H2,1-2H3,(H,16,17)(H,18,19). The number of benzene rings is 1. The molecule has 20 heavy (non-hydrogen) atoms. The van der Waals surface area contributed by atoms with Crippen LogP contribution in [0.15, 0.2) is 17.8 Å². The van der Waals surface area contributed by atoms with Crippen LogP contribution in [-0.4, -0.2) is 23.6 Å². The van der Waals surface area contributed by atoms with Gasteiger partial charge in [-0.1, -0.05) is 0 Å². The highest BCUT2D eigenvalue weighted by molar-refractivity contribution is 14.1. The van der Waals surface area contributed by atoms with Crippen molar-refractivity contribution in [2.45, 2.75) is 13.8 Å². The minimum Gasteiger partial charge on any atom is -0.492 e. The monoisotopic (exact) mass is 501 g/mol. The number of carboxylic acids is 1. The molecule has 1 aromatic carbocycles. The van der Waals surface area contributed by atoms with Crippen molar-refractivity contribution in [1.29, 1.82) is 0 Å². The summed E-state index contributed by atoms with van der Waals surface area (Å²) < 4.78 is 7.29. The summed E-state index contributed by atoms with van der Waals surface area (Å²) in [6.07, 6.45) is 1.42. The number of carbonyl (C=O) groups excluding carboxylic acids is 1. The molecule has 0 aliphatic carbocycles. The van der Waals surface area contributed by atoms with Gasteiger partial charge >= 0.3 is 5.97 Å². The molecule has 108 valence electrons. The summed E-state index contributed by atoms with van der Waals surface area (Å²) in [7, 11) is 0. The molecular weight excluding hydrogens is 488 g/mol. The van der Waals surface area contributed by atoms with Crippen molar-refractivity contribution in [2.75, 3.05) is 6.61 Å². The van der Waals surface area contributed by atoms with Gasteiger partial charge in [0.1, 0.15) is 11.4 Å². The predicted octanol–water partition coefficient (Wildman–Crippen LogP) is 2.86. The smallest absolute Gasteiger partial charge is 0.352 e. The Labute approximate surface area is 144 Å². The Morgan fingerprint density at radius 2 is 1.90 bits per heavy atom. The summed E-state index contributed by atoms with van der Waals surface area (Å²) in [6, 6.07) is 3.61. The fraction of sp³-hybridized carbons (Fsp3) is 0.231. The molecule has 1 rings (SSSR count). The van der Waals surface area contributed by atoms with Crippen LogP contribution in [0.4, 0.5) is 0 Å². The number of carboxylic acid groups (broad SMARTS) is 1. The first kappa shape index (κ1) is 17.2. The molecule has 1 aromatic rings. The molecule has 0 fully saturated rings. The van der Waals surface area contributed by atoms with E-state index >= 15 is 0 Å². The third-order valence-corrected chi connectivity index (χ3v) is 3.76. The maximum atomic E-state index is 11.1. The Kier molecular flexibility index (Phi) is 6.72. The van der Waals surface area contributed by atoms with Crippen LogP contribution in [0.25, 0.3) is 6.08 Å². The molecular formula is C13H13I2NO4. The van der Waals surface area contributed by atoms with E-state index in [-0.39, 0.29) is 5.70 Å². The summed E-state index contributed by atoms with van der Waals surface area (Å²) >= 11 is 4.26. The normalized spacial score (nSPS) is 11.1. The van der Waals surface area contributed by atoms with E-state index in [0.717, 1.165) is 12.9 Å². The number of amides is 1. The lowest BCUT2D eigenvalue weighted by Crippen LogP contribution is -2.24. The third kappa shape index (κ3) is 4.93. The zero-order valence-electron chi connectivity index (χ0n) is 10.9. The highest BCUT2D eigenvalue weighted by Crippen LogP contribution is 2.29. The van der Waals surface area contributed by atoms with Gasteiger partial charge in [-0.15, -0.1) is 0 Å². The fourth-order valence-corrected chi connectivity index (χ4v) is 3.58. The van der Waals surface area contributed by atoms with Crippen molar-refractivity contribution < 1.29 is 19.4 Å². The minimum absolute atomic E-state index is 0.159. The zero-order chi connectivity index (χ0) is 15.3. The van der Waals surface area contributed by atoms with Crippen LogP contribution in [0.2, 0.25) is 0 Å². The first-order valence-corrected chi connectivity index (χ1v) is 7.85. The Balaban J connectivity index is 3.19. The number of carbonyl (C=O) groups is 2. The number of hydrogen-bond donors (Lipinski definition) is 2. The molecule has 0 bridgehead atoms. The van der Waals surface area contributed by atoms with Gasteiger partial charge in [-0.3, -0.25) is 4.79 Å². The molecule has 0 saturated heterocycles. The first-order chi connectivity index (χ1) is 9.35. The van der Waals surface area contributed by atoms with E-state index in [1.54, 1.807) is 12.1 Å². The quantitative estimate of drug-likeness (QED) is 0.481.